The van der Waals surface area contributed by atoms with Crippen LogP contribution in [0.2, 0.25) is 0 Å². The lowest BCUT2D eigenvalue weighted by Crippen LogP contribution is -1.87. The molecule has 0 spiro atoms. The Morgan fingerprint density at radius 3 is 2.29 bits per heavy atom. The Kier molecular flexibility index (Phi) is 4.69. The second-order valence-electron chi connectivity index (χ2n) is 9.44. The Balaban J connectivity index is 1.29. The second-order valence-corrected chi connectivity index (χ2v) is 10.5. The van der Waals surface area contributed by atoms with Gasteiger partial charge in [-0.25, -0.2) is 9.97 Å². The lowest BCUT2D eigenvalue weighted by molar-refractivity contribution is 0.670. The number of thiophene rings is 1. The predicted octanol–water partition coefficient (Wildman–Crippen LogP) is 9.74. The largest absolute Gasteiger partial charge is 0.455 e. The molecule has 8 rings (SSSR count). The van der Waals surface area contributed by atoms with Crippen molar-refractivity contribution in [3.05, 3.63) is 122 Å². The number of furan rings is 1. The molecule has 3 heterocycles. The van der Waals surface area contributed by atoms with Crippen molar-refractivity contribution in [3.8, 4) is 33.5 Å². The van der Waals surface area contributed by atoms with Gasteiger partial charge in [-0.15, -0.1) is 11.3 Å². The number of aromatic nitrogens is 2. The first-order chi connectivity index (χ1) is 18.8. The molecule has 4 heteroatoms. The molecule has 0 atom stereocenters. The van der Waals surface area contributed by atoms with E-state index in [1.54, 1.807) is 17.7 Å². The third-order valence-corrected chi connectivity index (χ3v) is 8.38. The molecule has 5 aromatic carbocycles. The Bertz CT molecular complexity index is 2140. The summed E-state index contributed by atoms with van der Waals surface area (Å²) in [6.07, 6.45) is 1.69. The number of nitrogens with zero attached hydrogens (tertiary/aromatic N) is 2. The van der Waals surface area contributed by atoms with E-state index < -0.39 is 0 Å². The van der Waals surface area contributed by atoms with Gasteiger partial charge in [-0.05, 0) is 41.0 Å². The fourth-order valence-corrected chi connectivity index (χ4v) is 6.55. The molecule has 0 amide bonds. The standard InChI is InChI=1S/C34H20N2OS/c1-2-8-21(9-3-1)22-16-17-30-28(19-22)32-34(38-30)31(35-20-36-32)24-11-6-10-23(18-24)25-13-7-14-27-26-12-4-5-15-29(26)37-33(25)27/h1-20H. The van der Waals surface area contributed by atoms with Crippen LogP contribution in [0.15, 0.2) is 126 Å². The van der Waals surface area contributed by atoms with Crippen molar-refractivity contribution in [2.24, 2.45) is 0 Å². The minimum atomic E-state index is 0.906. The third-order valence-electron chi connectivity index (χ3n) is 7.21. The van der Waals surface area contributed by atoms with E-state index in [2.05, 4.69) is 97.1 Å². The molecule has 0 saturated carbocycles. The maximum Gasteiger partial charge on any atom is 0.143 e. The molecule has 0 saturated heterocycles. The summed E-state index contributed by atoms with van der Waals surface area (Å²) in [6, 6.07) is 40.3. The number of para-hydroxylation sites is 2. The summed E-state index contributed by atoms with van der Waals surface area (Å²) in [7, 11) is 0. The smallest absolute Gasteiger partial charge is 0.143 e. The van der Waals surface area contributed by atoms with E-state index in [-0.39, 0.29) is 0 Å². The summed E-state index contributed by atoms with van der Waals surface area (Å²) in [5, 5.41) is 3.43. The molecule has 8 aromatic rings. The first-order valence-corrected chi connectivity index (χ1v) is 13.4. The molecule has 3 nitrogen and oxygen atoms in total. The van der Waals surface area contributed by atoms with E-state index in [1.807, 2.05) is 18.2 Å². The van der Waals surface area contributed by atoms with Crippen molar-refractivity contribution in [3.63, 3.8) is 0 Å². The first-order valence-electron chi connectivity index (χ1n) is 12.6. The Hall–Kier alpha value is -4.80. The van der Waals surface area contributed by atoms with E-state index in [0.717, 1.165) is 54.5 Å². The van der Waals surface area contributed by atoms with Gasteiger partial charge in [0.15, 0.2) is 0 Å². The Morgan fingerprint density at radius 1 is 0.553 bits per heavy atom. The Labute approximate surface area is 222 Å². The van der Waals surface area contributed by atoms with Gasteiger partial charge in [-0.1, -0.05) is 91.0 Å². The van der Waals surface area contributed by atoms with E-state index in [4.69, 9.17) is 14.4 Å². The summed E-state index contributed by atoms with van der Waals surface area (Å²) in [6.45, 7) is 0. The van der Waals surface area contributed by atoms with Crippen molar-refractivity contribution >= 4 is 53.6 Å². The van der Waals surface area contributed by atoms with Gasteiger partial charge in [0, 0.05) is 32.0 Å². The zero-order valence-electron chi connectivity index (χ0n) is 20.3. The van der Waals surface area contributed by atoms with E-state index in [0.29, 0.717) is 0 Å². The summed E-state index contributed by atoms with van der Waals surface area (Å²) in [4.78, 5) is 9.48. The average Bonchev–Trinajstić information content (AvgIpc) is 3.56. The Morgan fingerprint density at radius 2 is 1.34 bits per heavy atom. The third kappa shape index (κ3) is 3.28. The molecule has 0 aliphatic heterocycles. The second kappa shape index (κ2) is 8.37. The number of fused-ring (bicyclic) bond motifs is 6. The van der Waals surface area contributed by atoms with E-state index >= 15 is 0 Å². The molecule has 0 bridgehead atoms. The summed E-state index contributed by atoms with van der Waals surface area (Å²) in [5.74, 6) is 0. The van der Waals surface area contributed by atoms with Crippen molar-refractivity contribution in [1.82, 2.24) is 9.97 Å². The van der Waals surface area contributed by atoms with Crippen LogP contribution >= 0.6 is 11.3 Å². The molecule has 0 unspecified atom stereocenters. The van der Waals surface area contributed by atoms with Crippen LogP contribution in [-0.2, 0) is 0 Å². The lowest BCUT2D eigenvalue weighted by Gasteiger charge is -2.07. The number of rotatable bonds is 3. The van der Waals surface area contributed by atoms with Gasteiger partial charge in [0.25, 0.3) is 0 Å². The molecule has 38 heavy (non-hydrogen) atoms. The molecule has 0 aliphatic rings. The highest BCUT2D eigenvalue weighted by Crippen LogP contribution is 2.41. The van der Waals surface area contributed by atoms with Crippen LogP contribution in [0.3, 0.4) is 0 Å². The molecule has 178 valence electrons. The monoisotopic (exact) mass is 504 g/mol. The maximum absolute atomic E-state index is 6.32. The van der Waals surface area contributed by atoms with Gasteiger partial charge in [-0.3, -0.25) is 0 Å². The molecule has 0 aliphatic carbocycles. The van der Waals surface area contributed by atoms with Crippen LogP contribution in [-0.4, -0.2) is 9.97 Å². The van der Waals surface area contributed by atoms with Crippen molar-refractivity contribution in [1.29, 1.82) is 0 Å². The summed E-state index contributed by atoms with van der Waals surface area (Å²) in [5.41, 5.74) is 9.42. The number of hydrogen-bond donors (Lipinski definition) is 0. The molecule has 0 fully saturated rings. The molecular weight excluding hydrogens is 484 g/mol. The lowest BCUT2D eigenvalue weighted by atomic mass is 9.99. The van der Waals surface area contributed by atoms with Crippen LogP contribution < -0.4 is 0 Å². The van der Waals surface area contributed by atoms with E-state index in [1.165, 1.54) is 21.2 Å². The molecular formula is C34H20N2OS. The summed E-state index contributed by atoms with van der Waals surface area (Å²) >= 11 is 1.75. The molecule has 0 radical (unpaired) electrons. The van der Waals surface area contributed by atoms with Crippen LogP contribution in [0.1, 0.15) is 0 Å². The number of hydrogen-bond acceptors (Lipinski definition) is 4. The van der Waals surface area contributed by atoms with Crippen LogP contribution in [0.4, 0.5) is 0 Å². The minimum absolute atomic E-state index is 0.906. The average molecular weight is 505 g/mol. The van der Waals surface area contributed by atoms with E-state index in [9.17, 15) is 0 Å². The fourth-order valence-electron chi connectivity index (χ4n) is 5.40. The van der Waals surface area contributed by atoms with Gasteiger partial charge >= 0.3 is 0 Å². The van der Waals surface area contributed by atoms with Crippen LogP contribution in [0.5, 0.6) is 0 Å². The molecule has 0 N–H and O–H groups in total. The fraction of sp³-hybridized carbons (Fsp3) is 0. The normalized spacial score (nSPS) is 11.7. The van der Waals surface area contributed by atoms with Crippen molar-refractivity contribution in [2.45, 2.75) is 0 Å². The molecule has 3 aromatic heterocycles. The minimum Gasteiger partial charge on any atom is -0.455 e. The SMILES string of the molecule is c1ccc(-c2ccc3sc4c(-c5cccc(-c6cccc7c6oc6ccccc67)c5)ncnc4c3c2)cc1. The predicted molar refractivity (Wildman–Crippen MR) is 159 cm³/mol. The summed E-state index contributed by atoms with van der Waals surface area (Å²) < 4.78 is 8.63. The van der Waals surface area contributed by atoms with Gasteiger partial charge in [0.2, 0.25) is 0 Å². The van der Waals surface area contributed by atoms with Crippen LogP contribution in [0, 0.1) is 0 Å². The van der Waals surface area contributed by atoms with Gasteiger partial charge in [-0.2, -0.15) is 0 Å². The van der Waals surface area contributed by atoms with Gasteiger partial charge in [0.05, 0.1) is 15.9 Å². The van der Waals surface area contributed by atoms with Crippen LogP contribution in [0.25, 0.3) is 75.8 Å². The highest BCUT2D eigenvalue weighted by Gasteiger charge is 2.16. The maximum atomic E-state index is 6.32. The highest BCUT2D eigenvalue weighted by atomic mass is 32.1. The topological polar surface area (TPSA) is 38.9 Å². The highest BCUT2D eigenvalue weighted by molar-refractivity contribution is 7.26. The van der Waals surface area contributed by atoms with Crippen molar-refractivity contribution < 1.29 is 4.42 Å². The van der Waals surface area contributed by atoms with Gasteiger partial charge in [0.1, 0.15) is 17.5 Å². The zero-order chi connectivity index (χ0) is 25.1. The first kappa shape index (κ1) is 21.3. The van der Waals surface area contributed by atoms with Gasteiger partial charge < -0.3 is 4.42 Å². The quantitative estimate of drug-likeness (QED) is 0.240. The van der Waals surface area contributed by atoms with Crippen molar-refractivity contribution in [2.75, 3.05) is 0 Å². The number of benzene rings is 5. The zero-order valence-corrected chi connectivity index (χ0v) is 21.1.